The Morgan fingerprint density at radius 2 is 1.50 bits per heavy atom. The van der Waals surface area contributed by atoms with E-state index in [0.717, 1.165) is 70.4 Å². The number of benzene rings is 1. The number of hydrogen-bond acceptors (Lipinski definition) is 4. The Kier molecular flexibility index (Phi) is 19.7. The Bertz CT molecular complexity index is 931. The first-order chi connectivity index (χ1) is 19.6. The molecule has 2 rings (SSSR count). The van der Waals surface area contributed by atoms with Gasteiger partial charge in [-0.05, 0) is 98.7 Å². The van der Waals surface area contributed by atoms with Crippen LogP contribution in [-0.4, -0.2) is 30.2 Å². The molecule has 40 heavy (non-hydrogen) atoms. The van der Waals surface area contributed by atoms with Gasteiger partial charge in [-0.2, -0.15) is 0 Å². The van der Waals surface area contributed by atoms with Crippen LogP contribution in [0, 0.1) is 5.92 Å². The average molecular weight is 569 g/mol. The Morgan fingerprint density at radius 3 is 2.15 bits per heavy atom. The summed E-state index contributed by atoms with van der Waals surface area (Å²) in [5.74, 6) is 1.41. The van der Waals surface area contributed by atoms with E-state index in [9.17, 15) is 4.21 Å². The molecule has 0 aliphatic heterocycles. The van der Waals surface area contributed by atoms with Gasteiger partial charge in [-0.3, -0.25) is 4.18 Å². The second kappa shape index (κ2) is 22.9. The summed E-state index contributed by atoms with van der Waals surface area (Å²) in [7, 11) is 1.50. The molecule has 0 saturated carbocycles. The molecular formula is C35H56N2O2S. The number of hydrogen-bond donors (Lipinski definition) is 2. The fourth-order valence-corrected chi connectivity index (χ4v) is 5.99. The van der Waals surface area contributed by atoms with Crippen molar-refractivity contribution in [3.05, 3.63) is 70.5 Å². The highest BCUT2D eigenvalue weighted by Crippen LogP contribution is 2.24. The SMILES string of the molecule is COS(=O)CCCCCC1=C=CC=C(C=Cc2ccc(CC(CCCCCCN)CCCCCCN)cc2)CC1. The fourth-order valence-electron chi connectivity index (χ4n) is 5.38. The molecule has 0 bridgehead atoms. The maximum Gasteiger partial charge on any atom is 0.155 e. The van der Waals surface area contributed by atoms with E-state index in [4.69, 9.17) is 15.7 Å². The lowest BCUT2D eigenvalue weighted by molar-refractivity contribution is 0.403. The summed E-state index contributed by atoms with van der Waals surface area (Å²) in [5.41, 5.74) is 20.3. The summed E-state index contributed by atoms with van der Waals surface area (Å²) >= 11 is -1.12. The number of nitrogens with two attached hydrogens (primary N) is 2. The molecule has 0 heterocycles. The normalized spacial score (nSPS) is 14.5. The van der Waals surface area contributed by atoms with E-state index in [1.807, 2.05) is 0 Å². The van der Waals surface area contributed by atoms with Crippen molar-refractivity contribution < 1.29 is 8.39 Å². The zero-order valence-corrected chi connectivity index (χ0v) is 26.0. The summed E-state index contributed by atoms with van der Waals surface area (Å²) in [5, 5.41) is 0. The van der Waals surface area contributed by atoms with Gasteiger partial charge in [0.05, 0.1) is 7.11 Å². The lowest BCUT2D eigenvalue weighted by Gasteiger charge is -2.17. The third-order valence-electron chi connectivity index (χ3n) is 7.90. The molecule has 1 aromatic rings. The maximum absolute atomic E-state index is 11.4. The van der Waals surface area contributed by atoms with Crippen LogP contribution >= 0.6 is 0 Å². The lowest BCUT2D eigenvalue weighted by atomic mass is 9.88. The maximum atomic E-state index is 11.4. The van der Waals surface area contributed by atoms with Crippen molar-refractivity contribution in [2.75, 3.05) is 26.0 Å². The first-order valence-electron chi connectivity index (χ1n) is 15.9. The quantitative estimate of drug-likeness (QED) is 0.103. The molecular weight excluding hydrogens is 512 g/mol. The second-order valence-corrected chi connectivity index (χ2v) is 12.6. The van der Waals surface area contributed by atoms with Crippen molar-refractivity contribution in [1.82, 2.24) is 0 Å². The van der Waals surface area contributed by atoms with E-state index in [1.165, 1.54) is 87.2 Å². The predicted octanol–water partition coefficient (Wildman–Crippen LogP) is 8.35. The molecule has 1 aliphatic rings. The third kappa shape index (κ3) is 16.5. The molecule has 0 spiro atoms. The minimum absolute atomic E-state index is 0.634. The molecule has 1 atom stereocenters. The smallest absolute Gasteiger partial charge is 0.155 e. The summed E-state index contributed by atoms with van der Waals surface area (Å²) in [4.78, 5) is 0. The average Bonchev–Trinajstić information content (AvgIpc) is 3.21. The molecule has 0 radical (unpaired) electrons. The van der Waals surface area contributed by atoms with Crippen molar-refractivity contribution >= 4 is 17.2 Å². The van der Waals surface area contributed by atoms with E-state index in [0.29, 0.717) is 5.75 Å². The van der Waals surface area contributed by atoms with Crippen LogP contribution < -0.4 is 11.5 Å². The minimum Gasteiger partial charge on any atom is -0.330 e. The highest BCUT2D eigenvalue weighted by Gasteiger charge is 2.10. The highest BCUT2D eigenvalue weighted by molar-refractivity contribution is 7.80. The monoisotopic (exact) mass is 568 g/mol. The van der Waals surface area contributed by atoms with Crippen molar-refractivity contribution in [2.45, 2.75) is 109 Å². The predicted molar refractivity (Wildman–Crippen MR) is 174 cm³/mol. The Morgan fingerprint density at radius 1 is 0.850 bits per heavy atom. The molecule has 1 unspecified atom stereocenters. The van der Waals surface area contributed by atoms with Crippen LogP contribution in [0.3, 0.4) is 0 Å². The van der Waals surface area contributed by atoms with Gasteiger partial charge >= 0.3 is 0 Å². The number of allylic oxidation sites excluding steroid dienone is 4. The van der Waals surface area contributed by atoms with Gasteiger partial charge < -0.3 is 11.5 Å². The number of unbranched alkanes of at least 4 members (excludes halogenated alkanes) is 8. The van der Waals surface area contributed by atoms with Crippen LogP contribution in [-0.2, 0) is 21.7 Å². The van der Waals surface area contributed by atoms with E-state index in [-0.39, 0.29) is 0 Å². The van der Waals surface area contributed by atoms with Crippen molar-refractivity contribution in [1.29, 1.82) is 0 Å². The van der Waals surface area contributed by atoms with Crippen molar-refractivity contribution in [2.24, 2.45) is 17.4 Å². The molecule has 1 aliphatic carbocycles. The van der Waals surface area contributed by atoms with Crippen molar-refractivity contribution in [3.8, 4) is 0 Å². The van der Waals surface area contributed by atoms with E-state index >= 15 is 0 Å². The van der Waals surface area contributed by atoms with Gasteiger partial charge in [0, 0.05) is 5.75 Å². The second-order valence-electron chi connectivity index (χ2n) is 11.3. The molecule has 0 amide bonds. The van der Waals surface area contributed by atoms with Gasteiger partial charge in [0.1, 0.15) is 0 Å². The molecule has 5 heteroatoms. The summed E-state index contributed by atoms with van der Waals surface area (Å²) in [6, 6.07) is 9.22. The van der Waals surface area contributed by atoms with Gasteiger partial charge in [-0.1, -0.05) is 100 Å². The summed E-state index contributed by atoms with van der Waals surface area (Å²) in [6.45, 7) is 1.64. The molecule has 0 aromatic heterocycles. The molecule has 4 N–H and O–H groups in total. The van der Waals surface area contributed by atoms with Gasteiger partial charge in [0.2, 0.25) is 0 Å². The van der Waals surface area contributed by atoms with Crippen LogP contribution in [0.15, 0.2) is 59.4 Å². The van der Waals surface area contributed by atoms with Crippen LogP contribution in [0.4, 0.5) is 0 Å². The molecule has 0 saturated heterocycles. The molecule has 0 fully saturated rings. The van der Waals surface area contributed by atoms with Crippen LogP contribution in [0.5, 0.6) is 0 Å². The largest absolute Gasteiger partial charge is 0.330 e. The van der Waals surface area contributed by atoms with Gasteiger partial charge in [0.25, 0.3) is 0 Å². The van der Waals surface area contributed by atoms with Crippen LogP contribution in [0.25, 0.3) is 6.08 Å². The number of rotatable bonds is 23. The third-order valence-corrected chi connectivity index (χ3v) is 8.90. The van der Waals surface area contributed by atoms with E-state index in [1.54, 1.807) is 0 Å². The van der Waals surface area contributed by atoms with Crippen molar-refractivity contribution in [3.63, 3.8) is 0 Å². The highest BCUT2D eigenvalue weighted by atomic mass is 32.2. The zero-order chi connectivity index (χ0) is 28.7. The van der Waals surface area contributed by atoms with E-state index in [2.05, 4.69) is 54.3 Å². The standard InChI is InChI=1S/C35H56N2O2S/c1-39-40(38)29-12-6-9-14-31-17-13-18-32(20-19-31)21-22-33-23-25-35(26-24-33)30-34(15-7-2-4-10-27-36)16-8-3-5-11-28-37/h13,18,21-26,34H,2-12,14-16,19-20,27-30,36-37H2,1H3. The topological polar surface area (TPSA) is 78.3 Å². The molecule has 224 valence electrons. The van der Waals surface area contributed by atoms with Gasteiger partial charge in [0.15, 0.2) is 11.1 Å². The van der Waals surface area contributed by atoms with Gasteiger partial charge in [-0.25, -0.2) is 4.21 Å². The Balaban J connectivity index is 1.80. The zero-order valence-electron chi connectivity index (χ0n) is 25.2. The minimum atomic E-state index is -1.12. The molecule has 1 aromatic carbocycles. The first-order valence-corrected chi connectivity index (χ1v) is 17.1. The fraction of sp³-hybridized carbons (Fsp3) is 0.629. The van der Waals surface area contributed by atoms with Gasteiger partial charge in [-0.15, -0.1) is 5.73 Å². The molecule has 4 nitrogen and oxygen atoms in total. The first kappa shape index (κ1) is 34.5. The van der Waals surface area contributed by atoms with E-state index < -0.39 is 11.1 Å². The summed E-state index contributed by atoms with van der Waals surface area (Å²) < 4.78 is 16.2. The summed E-state index contributed by atoms with van der Waals surface area (Å²) in [6.07, 6.45) is 29.1. The Labute approximate surface area is 248 Å². The lowest BCUT2D eigenvalue weighted by Crippen LogP contribution is -2.06. The Hall–Kier alpha value is -1.75. The van der Waals surface area contributed by atoms with Crippen LogP contribution in [0.2, 0.25) is 0 Å². The van der Waals surface area contributed by atoms with Crippen LogP contribution in [0.1, 0.15) is 114 Å².